The number of nitrogens with one attached hydrogen (secondary N) is 2. The summed E-state index contributed by atoms with van der Waals surface area (Å²) in [6, 6.07) is 6.06. The van der Waals surface area contributed by atoms with Crippen LogP contribution in [0.5, 0.6) is 11.5 Å². The molecular weight excluding hydrogens is 487 g/mol. The van der Waals surface area contributed by atoms with Gasteiger partial charge in [-0.15, -0.1) is 24.0 Å². The lowest BCUT2D eigenvalue weighted by Crippen LogP contribution is -2.63. The molecule has 0 bridgehead atoms. The van der Waals surface area contributed by atoms with Gasteiger partial charge in [0.15, 0.2) is 17.5 Å². The Balaban J connectivity index is 0.00000420. The van der Waals surface area contributed by atoms with Crippen molar-refractivity contribution in [2.24, 2.45) is 4.99 Å². The highest BCUT2D eigenvalue weighted by Crippen LogP contribution is 2.27. The van der Waals surface area contributed by atoms with Gasteiger partial charge in [-0.3, -0.25) is 4.99 Å². The Morgan fingerprint density at radius 3 is 2.41 bits per heavy atom. The van der Waals surface area contributed by atoms with E-state index < -0.39 is 5.60 Å². The molecule has 2 N–H and O–H groups in total. The van der Waals surface area contributed by atoms with Gasteiger partial charge >= 0.3 is 6.09 Å². The van der Waals surface area contributed by atoms with Crippen LogP contribution in [0.15, 0.2) is 23.2 Å². The van der Waals surface area contributed by atoms with Gasteiger partial charge in [0.1, 0.15) is 5.60 Å². The van der Waals surface area contributed by atoms with E-state index in [4.69, 9.17) is 14.2 Å². The first kappa shape index (κ1) is 25.1. The normalized spacial score (nSPS) is 14.4. The SMILES string of the molecule is CN=C(NCCc1ccc(OC)c(OC)c1)NC1CN(C(=O)OC(C)(C)C)C1.I. The molecule has 1 saturated heterocycles. The van der Waals surface area contributed by atoms with Crippen molar-refractivity contribution in [2.45, 2.75) is 38.8 Å². The van der Waals surface area contributed by atoms with Crippen molar-refractivity contribution in [1.82, 2.24) is 15.5 Å². The zero-order valence-electron chi connectivity index (χ0n) is 18.1. The second kappa shape index (κ2) is 11.3. The molecule has 2 rings (SSSR count). The number of ether oxygens (including phenoxy) is 3. The van der Waals surface area contributed by atoms with Crippen LogP contribution in [0.4, 0.5) is 4.79 Å². The first-order chi connectivity index (χ1) is 13.3. The van der Waals surface area contributed by atoms with Crippen molar-refractivity contribution in [1.29, 1.82) is 0 Å². The fourth-order valence-corrected chi connectivity index (χ4v) is 2.79. The Kier molecular flexibility index (Phi) is 9.81. The summed E-state index contributed by atoms with van der Waals surface area (Å²) >= 11 is 0. The van der Waals surface area contributed by atoms with Gasteiger partial charge in [0.25, 0.3) is 0 Å². The Labute approximate surface area is 190 Å². The van der Waals surface area contributed by atoms with E-state index in [1.807, 2.05) is 39.0 Å². The van der Waals surface area contributed by atoms with E-state index in [1.165, 1.54) is 0 Å². The number of aliphatic imine (C=N–C) groups is 1. The number of rotatable bonds is 6. The van der Waals surface area contributed by atoms with E-state index >= 15 is 0 Å². The van der Waals surface area contributed by atoms with Crippen molar-refractivity contribution in [3.8, 4) is 11.5 Å². The maximum Gasteiger partial charge on any atom is 0.410 e. The van der Waals surface area contributed by atoms with Crippen molar-refractivity contribution in [2.75, 3.05) is 40.9 Å². The Morgan fingerprint density at radius 1 is 1.21 bits per heavy atom. The largest absolute Gasteiger partial charge is 0.493 e. The van der Waals surface area contributed by atoms with Crippen molar-refractivity contribution in [3.05, 3.63) is 23.8 Å². The molecule has 1 aromatic rings. The Bertz CT molecular complexity index is 700. The molecule has 1 aliphatic rings. The van der Waals surface area contributed by atoms with Crippen LogP contribution >= 0.6 is 24.0 Å². The minimum Gasteiger partial charge on any atom is -0.493 e. The molecule has 1 amide bonds. The molecule has 29 heavy (non-hydrogen) atoms. The molecule has 8 nitrogen and oxygen atoms in total. The van der Waals surface area contributed by atoms with Crippen LogP contribution in [0.25, 0.3) is 0 Å². The average molecular weight is 520 g/mol. The van der Waals surface area contributed by atoms with Gasteiger partial charge in [-0.1, -0.05) is 6.07 Å². The third-order valence-electron chi connectivity index (χ3n) is 4.25. The van der Waals surface area contributed by atoms with Crippen LogP contribution < -0.4 is 20.1 Å². The number of amides is 1. The first-order valence-electron chi connectivity index (χ1n) is 9.41. The van der Waals surface area contributed by atoms with Crippen LogP contribution in [-0.2, 0) is 11.2 Å². The minimum absolute atomic E-state index is 0. The van der Waals surface area contributed by atoms with Crippen molar-refractivity contribution < 1.29 is 19.0 Å². The molecule has 0 unspecified atom stereocenters. The van der Waals surface area contributed by atoms with Gasteiger partial charge < -0.3 is 29.7 Å². The quantitative estimate of drug-likeness (QED) is 0.341. The molecule has 1 aliphatic heterocycles. The van der Waals surface area contributed by atoms with Crippen LogP contribution in [0.2, 0.25) is 0 Å². The highest BCUT2D eigenvalue weighted by molar-refractivity contribution is 14.0. The summed E-state index contributed by atoms with van der Waals surface area (Å²) in [5.41, 5.74) is 0.664. The van der Waals surface area contributed by atoms with Gasteiger partial charge in [-0.2, -0.15) is 0 Å². The molecule has 0 saturated carbocycles. The topological polar surface area (TPSA) is 84.4 Å². The summed E-state index contributed by atoms with van der Waals surface area (Å²) in [7, 11) is 4.99. The highest BCUT2D eigenvalue weighted by atomic mass is 127. The minimum atomic E-state index is -0.475. The van der Waals surface area contributed by atoms with E-state index in [0.717, 1.165) is 30.0 Å². The van der Waals surface area contributed by atoms with Gasteiger partial charge in [0.2, 0.25) is 0 Å². The Morgan fingerprint density at radius 2 is 1.86 bits per heavy atom. The number of carbonyl (C=O) groups is 1. The third-order valence-corrected chi connectivity index (χ3v) is 4.25. The summed E-state index contributed by atoms with van der Waals surface area (Å²) in [5, 5.41) is 6.62. The van der Waals surface area contributed by atoms with Crippen LogP contribution in [0.3, 0.4) is 0 Å². The highest BCUT2D eigenvalue weighted by Gasteiger charge is 2.34. The lowest BCUT2D eigenvalue weighted by molar-refractivity contribution is 0.00701. The second-order valence-corrected chi connectivity index (χ2v) is 7.66. The van der Waals surface area contributed by atoms with Gasteiger partial charge in [-0.05, 0) is 44.9 Å². The molecule has 1 heterocycles. The number of halogens is 1. The number of guanidine groups is 1. The smallest absolute Gasteiger partial charge is 0.410 e. The number of carbonyl (C=O) groups excluding carboxylic acids is 1. The summed E-state index contributed by atoms with van der Waals surface area (Å²) in [5.74, 6) is 2.16. The molecular formula is C20H33IN4O4. The number of likely N-dealkylation sites (tertiary alicyclic amines) is 1. The van der Waals surface area contributed by atoms with Crippen LogP contribution in [0.1, 0.15) is 26.3 Å². The zero-order valence-corrected chi connectivity index (χ0v) is 20.4. The summed E-state index contributed by atoms with van der Waals surface area (Å²) in [6.45, 7) is 7.52. The van der Waals surface area contributed by atoms with Crippen LogP contribution in [-0.4, -0.2) is 69.5 Å². The van der Waals surface area contributed by atoms with E-state index in [9.17, 15) is 4.79 Å². The molecule has 0 aromatic heterocycles. The van der Waals surface area contributed by atoms with E-state index in [-0.39, 0.29) is 36.1 Å². The van der Waals surface area contributed by atoms with Gasteiger partial charge in [0.05, 0.1) is 20.3 Å². The standard InChI is InChI=1S/C20H32N4O4.HI/c1-20(2,3)28-19(25)24-12-15(13-24)23-18(21-4)22-10-9-14-7-8-16(26-5)17(11-14)27-6;/h7-8,11,15H,9-10,12-13H2,1-6H3,(H2,21,22,23);1H. The summed E-state index contributed by atoms with van der Waals surface area (Å²) in [4.78, 5) is 17.9. The van der Waals surface area contributed by atoms with E-state index in [2.05, 4.69) is 15.6 Å². The number of hydrogen-bond acceptors (Lipinski definition) is 5. The fourth-order valence-electron chi connectivity index (χ4n) is 2.79. The monoisotopic (exact) mass is 520 g/mol. The number of nitrogens with zero attached hydrogens (tertiary/aromatic N) is 2. The van der Waals surface area contributed by atoms with Gasteiger partial charge in [-0.25, -0.2) is 4.79 Å². The molecule has 164 valence electrons. The molecule has 0 aliphatic carbocycles. The maximum absolute atomic E-state index is 12.0. The second-order valence-electron chi connectivity index (χ2n) is 7.66. The van der Waals surface area contributed by atoms with Crippen molar-refractivity contribution >= 4 is 36.0 Å². The predicted molar refractivity (Wildman–Crippen MR) is 125 cm³/mol. The van der Waals surface area contributed by atoms with Crippen LogP contribution in [0, 0.1) is 0 Å². The summed E-state index contributed by atoms with van der Waals surface area (Å²) < 4.78 is 16.0. The number of methoxy groups -OCH3 is 2. The molecule has 0 spiro atoms. The van der Waals surface area contributed by atoms with Crippen molar-refractivity contribution in [3.63, 3.8) is 0 Å². The Hall–Kier alpha value is -1.91. The zero-order chi connectivity index (χ0) is 20.7. The maximum atomic E-state index is 12.0. The number of benzene rings is 1. The molecule has 1 aromatic carbocycles. The number of hydrogen-bond donors (Lipinski definition) is 2. The fraction of sp³-hybridized carbons (Fsp3) is 0.600. The predicted octanol–water partition coefficient (Wildman–Crippen LogP) is 2.65. The van der Waals surface area contributed by atoms with Gasteiger partial charge in [0, 0.05) is 26.7 Å². The molecule has 1 fully saturated rings. The lowest BCUT2D eigenvalue weighted by Gasteiger charge is -2.40. The third kappa shape index (κ3) is 7.79. The molecule has 9 heteroatoms. The van der Waals surface area contributed by atoms with E-state index in [0.29, 0.717) is 19.0 Å². The van der Waals surface area contributed by atoms with E-state index in [1.54, 1.807) is 26.2 Å². The average Bonchev–Trinajstić information content (AvgIpc) is 2.60. The lowest BCUT2D eigenvalue weighted by atomic mass is 10.1. The summed E-state index contributed by atoms with van der Waals surface area (Å²) in [6.07, 6.45) is 0.539. The molecule has 0 atom stereocenters. The first-order valence-corrected chi connectivity index (χ1v) is 9.41. The molecule has 0 radical (unpaired) electrons.